The lowest BCUT2D eigenvalue weighted by Crippen LogP contribution is -2.28. The first-order valence-corrected chi connectivity index (χ1v) is 7.17. The van der Waals surface area contributed by atoms with Gasteiger partial charge in [0.2, 0.25) is 0 Å². The van der Waals surface area contributed by atoms with Crippen molar-refractivity contribution in [2.75, 3.05) is 43.6 Å². The van der Waals surface area contributed by atoms with Crippen LogP contribution in [0.2, 0.25) is 0 Å². The van der Waals surface area contributed by atoms with E-state index in [4.69, 9.17) is 9.72 Å². The molecule has 0 radical (unpaired) electrons. The molecule has 1 aromatic heterocycles. The lowest BCUT2D eigenvalue weighted by Gasteiger charge is -2.22. The quantitative estimate of drug-likeness (QED) is 0.730. The van der Waals surface area contributed by atoms with Crippen LogP contribution in [-0.4, -0.2) is 43.3 Å². The minimum absolute atomic E-state index is 0.567. The van der Waals surface area contributed by atoms with Crippen LogP contribution in [0.25, 0.3) is 0 Å². The molecule has 2 rings (SSSR count). The molecule has 1 aromatic rings. The molecule has 1 aliphatic carbocycles. The molecule has 106 valence electrons. The number of hydrogen-bond acceptors (Lipinski definition) is 5. The lowest BCUT2D eigenvalue weighted by atomic mass is 10.3. The maximum Gasteiger partial charge on any atom is 0.136 e. The van der Waals surface area contributed by atoms with Crippen LogP contribution < -0.4 is 10.2 Å². The average molecular weight is 264 g/mol. The molecule has 0 unspecified atom stereocenters. The molecule has 5 nitrogen and oxygen atoms in total. The second-order valence-corrected chi connectivity index (χ2v) is 4.77. The van der Waals surface area contributed by atoms with E-state index in [-0.39, 0.29) is 0 Å². The van der Waals surface area contributed by atoms with Crippen LogP contribution in [0.1, 0.15) is 38.4 Å². The SMILES string of the molecule is CCOCCN(CC)c1cc(NC)nc(C2CC2)n1. The molecule has 0 bridgehead atoms. The van der Waals surface area contributed by atoms with Gasteiger partial charge in [-0.3, -0.25) is 0 Å². The van der Waals surface area contributed by atoms with Gasteiger partial charge in [0.1, 0.15) is 17.5 Å². The summed E-state index contributed by atoms with van der Waals surface area (Å²) in [7, 11) is 1.90. The Hall–Kier alpha value is -1.36. The summed E-state index contributed by atoms with van der Waals surface area (Å²) < 4.78 is 5.43. The Kier molecular flexibility index (Phi) is 4.96. The van der Waals surface area contributed by atoms with E-state index in [0.29, 0.717) is 5.92 Å². The van der Waals surface area contributed by atoms with Gasteiger partial charge in [0.25, 0.3) is 0 Å². The normalized spacial score (nSPS) is 14.5. The van der Waals surface area contributed by atoms with Crippen molar-refractivity contribution in [3.8, 4) is 0 Å². The summed E-state index contributed by atoms with van der Waals surface area (Å²) in [5.74, 6) is 3.46. The third-order valence-electron chi connectivity index (χ3n) is 3.34. The van der Waals surface area contributed by atoms with Crippen LogP contribution in [-0.2, 0) is 4.74 Å². The molecule has 1 fully saturated rings. The number of hydrogen-bond donors (Lipinski definition) is 1. The summed E-state index contributed by atoms with van der Waals surface area (Å²) in [6.07, 6.45) is 2.44. The fourth-order valence-electron chi connectivity index (χ4n) is 2.02. The molecule has 0 atom stereocenters. The van der Waals surface area contributed by atoms with Crippen molar-refractivity contribution in [1.29, 1.82) is 0 Å². The molecule has 0 saturated heterocycles. The zero-order valence-corrected chi connectivity index (χ0v) is 12.1. The second kappa shape index (κ2) is 6.70. The van der Waals surface area contributed by atoms with Gasteiger partial charge in [-0.25, -0.2) is 9.97 Å². The molecule has 0 aliphatic heterocycles. The van der Waals surface area contributed by atoms with Crippen molar-refractivity contribution in [1.82, 2.24) is 9.97 Å². The van der Waals surface area contributed by atoms with Crippen molar-refractivity contribution in [3.05, 3.63) is 11.9 Å². The smallest absolute Gasteiger partial charge is 0.136 e. The minimum Gasteiger partial charge on any atom is -0.380 e. The highest BCUT2D eigenvalue weighted by atomic mass is 16.5. The molecule has 19 heavy (non-hydrogen) atoms. The summed E-state index contributed by atoms with van der Waals surface area (Å²) in [4.78, 5) is 11.5. The fraction of sp³-hybridized carbons (Fsp3) is 0.714. The van der Waals surface area contributed by atoms with Gasteiger partial charge in [0.05, 0.1) is 6.61 Å². The number of nitrogens with one attached hydrogen (secondary N) is 1. The molecular formula is C14H24N4O. The number of rotatable bonds is 8. The number of aromatic nitrogens is 2. The van der Waals surface area contributed by atoms with Crippen LogP contribution in [0.5, 0.6) is 0 Å². The van der Waals surface area contributed by atoms with Gasteiger partial charge in [0.15, 0.2) is 0 Å². The van der Waals surface area contributed by atoms with Gasteiger partial charge in [-0.2, -0.15) is 0 Å². The predicted molar refractivity (Wildman–Crippen MR) is 77.9 cm³/mol. The second-order valence-electron chi connectivity index (χ2n) is 4.77. The summed E-state index contributed by atoms with van der Waals surface area (Å²) in [6, 6.07) is 2.02. The van der Waals surface area contributed by atoms with Gasteiger partial charge >= 0.3 is 0 Å². The maximum atomic E-state index is 5.43. The Labute approximate surface area is 115 Å². The van der Waals surface area contributed by atoms with E-state index < -0.39 is 0 Å². The molecule has 0 spiro atoms. The van der Waals surface area contributed by atoms with Crippen molar-refractivity contribution in [3.63, 3.8) is 0 Å². The standard InChI is InChI=1S/C14H24N4O/c1-4-18(8-9-19-5-2)13-10-12(15-3)16-14(17-13)11-6-7-11/h10-11H,4-9H2,1-3H3,(H,15,16,17). The van der Waals surface area contributed by atoms with Crippen LogP contribution in [0, 0.1) is 0 Å². The van der Waals surface area contributed by atoms with Crippen molar-refractivity contribution in [2.45, 2.75) is 32.6 Å². The number of anilines is 2. The van der Waals surface area contributed by atoms with Gasteiger partial charge < -0.3 is 15.0 Å². The fourth-order valence-corrected chi connectivity index (χ4v) is 2.02. The third kappa shape index (κ3) is 3.80. The van der Waals surface area contributed by atoms with Crippen LogP contribution in [0.4, 0.5) is 11.6 Å². The third-order valence-corrected chi connectivity index (χ3v) is 3.34. The largest absolute Gasteiger partial charge is 0.380 e. The highest BCUT2D eigenvalue weighted by Crippen LogP contribution is 2.39. The number of nitrogens with zero attached hydrogens (tertiary/aromatic N) is 3. The zero-order valence-electron chi connectivity index (χ0n) is 12.1. The number of likely N-dealkylation sites (N-methyl/N-ethyl adjacent to an activating group) is 1. The van der Waals surface area contributed by atoms with Crippen molar-refractivity contribution >= 4 is 11.6 Å². The predicted octanol–water partition coefficient (Wildman–Crippen LogP) is 2.26. The van der Waals surface area contributed by atoms with E-state index in [1.54, 1.807) is 0 Å². The van der Waals surface area contributed by atoms with Gasteiger partial charge in [-0.1, -0.05) is 0 Å². The Morgan fingerprint density at radius 3 is 2.74 bits per heavy atom. The average Bonchev–Trinajstić information content (AvgIpc) is 3.27. The Bertz CT molecular complexity index is 406. The minimum atomic E-state index is 0.567. The van der Waals surface area contributed by atoms with E-state index >= 15 is 0 Å². The first kappa shape index (κ1) is 14.1. The van der Waals surface area contributed by atoms with E-state index in [2.05, 4.69) is 22.1 Å². The van der Waals surface area contributed by atoms with E-state index in [9.17, 15) is 0 Å². The lowest BCUT2D eigenvalue weighted by molar-refractivity contribution is 0.154. The van der Waals surface area contributed by atoms with Gasteiger partial charge in [-0.15, -0.1) is 0 Å². The Balaban J connectivity index is 2.13. The van der Waals surface area contributed by atoms with E-state index in [1.807, 2.05) is 20.0 Å². The Morgan fingerprint density at radius 1 is 1.37 bits per heavy atom. The highest BCUT2D eigenvalue weighted by Gasteiger charge is 2.27. The summed E-state index contributed by atoms with van der Waals surface area (Å²) in [6.45, 7) is 7.46. The van der Waals surface area contributed by atoms with Crippen LogP contribution in [0.15, 0.2) is 6.07 Å². The van der Waals surface area contributed by atoms with Crippen molar-refractivity contribution < 1.29 is 4.74 Å². The van der Waals surface area contributed by atoms with Crippen LogP contribution in [0.3, 0.4) is 0 Å². The maximum absolute atomic E-state index is 5.43. The zero-order chi connectivity index (χ0) is 13.7. The molecule has 0 aromatic carbocycles. The molecular weight excluding hydrogens is 240 g/mol. The van der Waals surface area contributed by atoms with E-state index in [0.717, 1.165) is 43.8 Å². The topological polar surface area (TPSA) is 50.3 Å². The molecule has 1 heterocycles. The number of ether oxygens (including phenoxy) is 1. The molecule has 1 aliphatic rings. The summed E-state index contributed by atoms with van der Waals surface area (Å²) in [5, 5.41) is 3.13. The molecule has 0 amide bonds. The molecule has 5 heteroatoms. The highest BCUT2D eigenvalue weighted by molar-refractivity contribution is 5.49. The summed E-state index contributed by atoms with van der Waals surface area (Å²) in [5.41, 5.74) is 0. The monoisotopic (exact) mass is 264 g/mol. The van der Waals surface area contributed by atoms with E-state index in [1.165, 1.54) is 12.8 Å². The van der Waals surface area contributed by atoms with Crippen molar-refractivity contribution in [2.24, 2.45) is 0 Å². The Morgan fingerprint density at radius 2 is 2.16 bits per heavy atom. The molecule has 1 saturated carbocycles. The van der Waals surface area contributed by atoms with Gasteiger partial charge in [0, 0.05) is 38.7 Å². The van der Waals surface area contributed by atoms with Gasteiger partial charge in [-0.05, 0) is 26.7 Å². The molecule has 1 N–H and O–H groups in total. The van der Waals surface area contributed by atoms with Crippen LogP contribution >= 0.6 is 0 Å². The first-order chi connectivity index (χ1) is 9.28. The summed E-state index contributed by atoms with van der Waals surface area (Å²) >= 11 is 0. The first-order valence-electron chi connectivity index (χ1n) is 7.17.